The van der Waals surface area contributed by atoms with E-state index in [2.05, 4.69) is 97.1 Å². The van der Waals surface area contributed by atoms with Gasteiger partial charge in [0.05, 0.1) is 67.3 Å². The Kier molecular flexibility index (Phi) is 10.6. The molecule has 84 heavy (non-hydrogen) atoms. The van der Waals surface area contributed by atoms with Crippen molar-refractivity contribution in [3.63, 3.8) is 0 Å². The van der Waals surface area contributed by atoms with E-state index in [4.69, 9.17) is 59.8 Å². The zero-order valence-corrected chi connectivity index (χ0v) is 44.5. The average molecular weight is 1070 g/mol. The van der Waals surface area contributed by atoms with E-state index in [0.29, 0.717) is 88.8 Å². The van der Waals surface area contributed by atoms with Crippen molar-refractivity contribution in [3.05, 3.63) is 243 Å². The molecule has 6 aromatic heterocycles. The van der Waals surface area contributed by atoms with Crippen LogP contribution in [-0.2, 0) is 0 Å². The van der Waals surface area contributed by atoms with E-state index in [1.54, 1.807) is 0 Å². The van der Waals surface area contributed by atoms with Gasteiger partial charge in [0.2, 0.25) is 0 Å². The molecular weight excluding hydrogens is 1030 g/mol. The smallest absolute Gasteiger partial charge is 0.120 e. The molecule has 0 atom stereocenters. The lowest BCUT2D eigenvalue weighted by Crippen LogP contribution is -2.04. The molecule has 0 aliphatic carbocycles. The van der Waals surface area contributed by atoms with Crippen LogP contribution in [0.2, 0.25) is 0 Å². The minimum Gasteiger partial charge on any atom is -0.242 e. The van der Waals surface area contributed by atoms with Gasteiger partial charge in [0.25, 0.3) is 0 Å². The highest BCUT2D eigenvalue weighted by Gasteiger charge is 2.26. The van der Waals surface area contributed by atoms with Gasteiger partial charge in [-0.15, -0.1) is 0 Å². The van der Waals surface area contributed by atoms with E-state index in [0.717, 1.165) is 89.2 Å². The summed E-state index contributed by atoms with van der Waals surface area (Å²) in [5, 5.41) is 0. The zero-order valence-electron chi connectivity index (χ0n) is 44.5. The van der Waals surface area contributed by atoms with Crippen LogP contribution in [0.3, 0.4) is 0 Å². The van der Waals surface area contributed by atoms with Gasteiger partial charge >= 0.3 is 0 Å². The second-order valence-electron chi connectivity index (χ2n) is 20.7. The van der Waals surface area contributed by atoms with Gasteiger partial charge in [0.15, 0.2) is 0 Å². The number of benzene rings is 11. The van der Waals surface area contributed by atoms with E-state index in [-0.39, 0.29) is 0 Å². The van der Waals surface area contributed by atoms with E-state index >= 15 is 0 Å². The first-order valence-electron chi connectivity index (χ1n) is 27.6. The molecule has 17 aromatic rings. The van der Waals surface area contributed by atoms with Crippen LogP contribution in [0.4, 0.5) is 0 Å². The Hall–Kier alpha value is -11.8. The summed E-state index contributed by atoms with van der Waals surface area (Å²) in [7, 11) is 0. The van der Waals surface area contributed by atoms with Crippen molar-refractivity contribution in [2.75, 3.05) is 0 Å². The molecule has 12 nitrogen and oxygen atoms in total. The minimum atomic E-state index is 0.554. The average Bonchev–Trinajstić information content (AvgIpc) is 1.87. The number of hydrogen-bond donors (Lipinski definition) is 0. The topological polar surface area (TPSA) is 155 Å². The first-order chi connectivity index (χ1) is 41.6. The van der Waals surface area contributed by atoms with Gasteiger partial charge in [-0.05, 0) is 47.5 Å². The monoisotopic (exact) mass is 1070 g/mol. The third kappa shape index (κ3) is 7.69. The Morgan fingerprint density at radius 1 is 0.131 bits per heavy atom. The fraction of sp³-hybridized carbons (Fsp3) is 0. The summed E-state index contributed by atoms with van der Waals surface area (Å²) >= 11 is 0. The van der Waals surface area contributed by atoms with Gasteiger partial charge in [-0.3, -0.25) is 0 Å². The van der Waals surface area contributed by atoms with Gasteiger partial charge in [-0.1, -0.05) is 206 Å². The van der Waals surface area contributed by atoms with E-state index in [1.807, 2.05) is 146 Å². The molecule has 6 heterocycles. The molecule has 0 unspecified atom stereocenters. The molecule has 0 bridgehead atoms. The normalized spacial score (nSPS) is 11.8. The van der Waals surface area contributed by atoms with Crippen LogP contribution < -0.4 is 0 Å². The lowest BCUT2D eigenvalue weighted by molar-refractivity contribution is 1.24. The van der Waals surface area contributed by atoms with Crippen molar-refractivity contribution in [3.8, 4) is 78.7 Å². The van der Waals surface area contributed by atoms with Gasteiger partial charge in [-0.25, -0.2) is 59.8 Å². The van der Waals surface area contributed by atoms with Crippen molar-refractivity contribution < 1.29 is 0 Å². The van der Waals surface area contributed by atoms with E-state index < -0.39 is 0 Å². The third-order valence-corrected chi connectivity index (χ3v) is 15.6. The number of nitrogens with zero attached hydrogens (tertiary/aromatic N) is 12. The summed E-state index contributed by atoms with van der Waals surface area (Å²) < 4.78 is 0. The summed E-state index contributed by atoms with van der Waals surface area (Å²) in [5.41, 5.74) is 23.2. The largest absolute Gasteiger partial charge is 0.242 e. The molecule has 0 saturated carbocycles. The SMILES string of the molecule is c1ccc(-c2nc3c4nc(-c5ccccc5)c(-c5ccccc5)nc4c4nc(-c5ccc(-c6ccc7nc8c9nc%10ccccc%10nc9c9nc%10ccccc%10nc9c8nc7c6)cc5)c(-c5ccccc5)nc4c3nc2-c2ccccc2)cc1. The number of para-hydroxylation sites is 4. The number of rotatable bonds is 7. The first kappa shape index (κ1) is 47.1. The molecule has 388 valence electrons. The van der Waals surface area contributed by atoms with Crippen molar-refractivity contribution in [2.24, 2.45) is 0 Å². The summed E-state index contributed by atoms with van der Waals surface area (Å²) in [6.07, 6.45) is 0. The Morgan fingerprint density at radius 2 is 0.321 bits per heavy atom. The zero-order chi connectivity index (χ0) is 55.2. The molecule has 0 N–H and O–H groups in total. The molecule has 0 fully saturated rings. The van der Waals surface area contributed by atoms with E-state index in [1.165, 1.54) is 0 Å². The van der Waals surface area contributed by atoms with Crippen LogP contribution in [0.5, 0.6) is 0 Å². The van der Waals surface area contributed by atoms with Crippen LogP contribution in [-0.4, -0.2) is 59.8 Å². The molecule has 0 amide bonds. The Morgan fingerprint density at radius 3 is 0.595 bits per heavy atom. The number of fused-ring (bicyclic) bond motifs is 15. The molecule has 0 aliphatic rings. The maximum atomic E-state index is 5.70. The lowest BCUT2D eigenvalue weighted by Gasteiger charge is -2.17. The Bertz CT molecular complexity index is 5400. The van der Waals surface area contributed by atoms with Crippen LogP contribution in [0.1, 0.15) is 0 Å². The molecule has 12 heteroatoms. The molecule has 0 radical (unpaired) electrons. The fourth-order valence-electron chi connectivity index (χ4n) is 11.5. The number of aromatic nitrogens is 12. The van der Waals surface area contributed by atoms with Crippen molar-refractivity contribution >= 4 is 99.3 Å². The molecule has 11 aromatic carbocycles. The highest BCUT2D eigenvalue weighted by molar-refractivity contribution is 6.22. The third-order valence-electron chi connectivity index (χ3n) is 15.6. The van der Waals surface area contributed by atoms with Gasteiger partial charge in [0.1, 0.15) is 66.2 Å². The second-order valence-corrected chi connectivity index (χ2v) is 20.7. The van der Waals surface area contributed by atoms with Crippen molar-refractivity contribution in [2.45, 2.75) is 0 Å². The van der Waals surface area contributed by atoms with Crippen molar-refractivity contribution in [1.29, 1.82) is 0 Å². The molecular formula is C72H40N12. The predicted octanol–water partition coefficient (Wildman–Crippen LogP) is 16.5. The van der Waals surface area contributed by atoms with Gasteiger partial charge in [0, 0.05) is 33.4 Å². The molecule has 0 saturated heterocycles. The highest BCUT2D eigenvalue weighted by Crippen LogP contribution is 2.42. The summed E-state index contributed by atoms with van der Waals surface area (Å²) in [6, 6.07) is 81.3. The van der Waals surface area contributed by atoms with Crippen LogP contribution in [0.25, 0.3) is 178 Å². The maximum Gasteiger partial charge on any atom is 0.120 e. The minimum absolute atomic E-state index is 0.554. The van der Waals surface area contributed by atoms with Gasteiger partial charge < -0.3 is 0 Å². The molecule has 0 spiro atoms. The van der Waals surface area contributed by atoms with Crippen LogP contribution in [0, 0.1) is 0 Å². The second kappa shape index (κ2) is 18.9. The first-order valence-corrected chi connectivity index (χ1v) is 27.6. The summed E-state index contributed by atoms with van der Waals surface area (Å²) in [6.45, 7) is 0. The number of hydrogen-bond acceptors (Lipinski definition) is 12. The van der Waals surface area contributed by atoms with Gasteiger partial charge in [-0.2, -0.15) is 0 Å². The fourth-order valence-corrected chi connectivity index (χ4v) is 11.5. The molecule has 17 rings (SSSR count). The van der Waals surface area contributed by atoms with Crippen molar-refractivity contribution in [1.82, 2.24) is 59.8 Å². The highest BCUT2D eigenvalue weighted by atomic mass is 15.0. The lowest BCUT2D eigenvalue weighted by atomic mass is 9.99. The Labute approximate surface area is 478 Å². The van der Waals surface area contributed by atoms with E-state index in [9.17, 15) is 0 Å². The predicted molar refractivity (Wildman–Crippen MR) is 336 cm³/mol. The maximum absolute atomic E-state index is 5.70. The quantitative estimate of drug-likeness (QED) is 0.110. The van der Waals surface area contributed by atoms with Crippen LogP contribution in [0.15, 0.2) is 243 Å². The molecule has 0 aliphatic heterocycles. The van der Waals surface area contributed by atoms with Crippen LogP contribution >= 0.6 is 0 Å². The summed E-state index contributed by atoms with van der Waals surface area (Å²) in [4.78, 5) is 64.8. The summed E-state index contributed by atoms with van der Waals surface area (Å²) in [5.74, 6) is 0. The standard InChI is InChI=1S/C72H40N12/c1-6-20-42(21-7-1)55-56(43-22-8-2-9-23-43)81-69-67(79-55)68-70(82-58(45-26-12-4-13-27-45)57(80-68)44-24-10-3-11-25-44)72-71(69)83-59(46-28-14-5-15-29-46)60(84-72)47-36-34-41(35-37-47)48-38-39-53-54(40-48)78-66-64-62(74-51-32-18-19-33-52(51)76-64)61-63(65(66)77-53)75-50-31-17-16-30-49(50)73-61/h1-40H. The Balaban J connectivity index is 0.883.